The number of unbranched alkanes of at least 4 members (excludes halogenated alkanes) is 3. The maximum atomic E-state index is 12.8. The first-order chi connectivity index (χ1) is 14.0. The second-order valence-corrected chi connectivity index (χ2v) is 9.53. The summed E-state index contributed by atoms with van der Waals surface area (Å²) < 4.78 is 5.52. The summed E-state index contributed by atoms with van der Waals surface area (Å²) in [5.74, 6) is -1.18. The molecular weight excluding hydrogens is 408 g/mol. The summed E-state index contributed by atoms with van der Waals surface area (Å²) in [5, 5.41) is 22.6. The fraction of sp³-hybridized carbons (Fsp3) is 0.762. The Balaban J connectivity index is 2.96. The number of rotatable bonds is 12. The summed E-state index contributed by atoms with van der Waals surface area (Å²) in [6.07, 6.45) is 2.54. The third kappa shape index (κ3) is 8.97. The van der Waals surface area contributed by atoms with Gasteiger partial charge in [-0.25, -0.2) is 14.6 Å². The quantitative estimate of drug-likeness (QED) is 0.343. The van der Waals surface area contributed by atoms with Crippen LogP contribution in [0.5, 0.6) is 0 Å². The monoisotopic (exact) mass is 444 g/mol. The molecule has 1 aromatic rings. The standard InChI is InChI=1S/C21H36N2O6S/c1-7-8-9-10-11-28-23(20(27)29-21(4,5)6)16(14(2)3)12-17(24)18-22-15(13-30-18)19(25)26/h13-14,16-17,24H,7-12H2,1-6H3,(H,25,26)/t16-,17+/m0/s1. The van der Waals surface area contributed by atoms with Crippen LogP contribution in [-0.2, 0) is 9.57 Å². The van der Waals surface area contributed by atoms with Crippen LogP contribution < -0.4 is 0 Å². The highest BCUT2D eigenvalue weighted by atomic mass is 32.1. The van der Waals surface area contributed by atoms with Crippen LogP contribution in [0.15, 0.2) is 5.38 Å². The van der Waals surface area contributed by atoms with E-state index in [1.165, 1.54) is 10.4 Å². The van der Waals surface area contributed by atoms with E-state index in [2.05, 4.69) is 11.9 Å². The van der Waals surface area contributed by atoms with Crippen LogP contribution in [0, 0.1) is 5.92 Å². The van der Waals surface area contributed by atoms with E-state index >= 15 is 0 Å². The largest absolute Gasteiger partial charge is 0.476 e. The molecule has 0 saturated carbocycles. The third-order valence-corrected chi connectivity index (χ3v) is 5.31. The molecular formula is C21H36N2O6S. The molecule has 8 nitrogen and oxygen atoms in total. The lowest BCUT2D eigenvalue weighted by Crippen LogP contribution is -2.46. The Labute approximate surface area is 183 Å². The number of ether oxygens (including phenoxy) is 1. The molecule has 0 radical (unpaired) electrons. The number of thiazole rings is 1. The van der Waals surface area contributed by atoms with Crippen LogP contribution in [0.2, 0.25) is 0 Å². The van der Waals surface area contributed by atoms with Crippen LogP contribution in [0.1, 0.15) is 95.2 Å². The Kier molecular flexibility index (Phi) is 10.7. The highest BCUT2D eigenvalue weighted by molar-refractivity contribution is 7.09. The summed E-state index contributed by atoms with van der Waals surface area (Å²) in [5.41, 5.74) is -0.793. The molecule has 1 amide bonds. The van der Waals surface area contributed by atoms with Crippen molar-refractivity contribution in [2.75, 3.05) is 6.61 Å². The van der Waals surface area contributed by atoms with E-state index in [0.29, 0.717) is 11.6 Å². The molecule has 30 heavy (non-hydrogen) atoms. The summed E-state index contributed by atoms with van der Waals surface area (Å²) >= 11 is 1.08. The van der Waals surface area contributed by atoms with Crippen molar-refractivity contribution in [2.24, 2.45) is 5.92 Å². The van der Waals surface area contributed by atoms with Crippen molar-refractivity contribution in [1.29, 1.82) is 0 Å². The predicted octanol–water partition coefficient (Wildman–Crippen LogP) is 5.04. The van der Waals surface area contributed by atoms with Crippen molar-refractivity contribution >= 4 is 23.4 Å². The lowest BCUT2D eigenvalue weighted by molar-refractivity contribution is -0.184. The molecule has 172 valence electrons. The van der Waals surface area contributed by atoms with Gasteiger partial charge in [-0.3, -0.25) is 4.84 Å². The zero-order valence-electron chi connectivity index (χ0n) is 18.9. The number of hydrogen-bond donors (Lipinski definition) is 2. The van der Waals surface area contributed by atoms with Gasteiger partial charge < -0.3 is 14.9 Å². The Morgan fingerprint density at radius 2 is 1.90 bits per heavy atom. The minimum Gasteiger partial charge on any atom is -0.476 e. The van der Waals surface area contributed by atoms with Gasteiger partial charge >= 0.3 is 12.1 Å². The highest BCUT2D eigenvalue weighted by Gasteiger charge is 2.34. The Morgan fingerprint density at radius 1 is 1.23 bits per heavy atom. The van der Waals surface area contributed by atoms with Crippen molar-refractivity contribution in [3.05, 3.63) is 16.1 Å². The number of aliphatic hydroxyl groups excluding tert-OH is 1. The molecule has 0 fully saturated rings. The fourth-order valence-corrected chi connectivity index (χ4v) is 3.58. The zero-order chi connectivity index (χ0) is 22.9. The minimum atomic E-state index is -1.14. The molecule has 0 saturated heterocycles. The molecule has 0 aromatic carbocycles. The van der Waals surface area contributed by atoms with E-state index in [0.717, 1.165) is 37.0 Å². The summed E-state index contributed by atoms with van der Waals surface area (Å²) in [6.45, 7) is 11.7. The number of hydrogen-bond acceptors (Lipinski definition) is 7. The van der Waals surface area contributed by atoms with Crippen LogP contribution in [-0.4, -0.2) is 50.6 Å². The molecule has 0 bridgehead atoms. The van der Waals surface area contributed by atoms with Gasteiger partial charge in [0, 0.05) is 11.8 Å². The van der Waals surface area contributed by atoms with Gasteiger partial charge in [0.15, 0.2) is 5.69 Å². The van der Waals surface area contributed by atoms with Crippen LogP contribution in [0.3, 0.4) is 0 Å². The van der Waals surface area contributed by atoms with E-state index < -0.39 is 29.8 Å². The second-order valence-electron chi connectivity index (χ2n) is 8.64. The Morgan fingerprint density at radius 3 is 2.40 bits per heavy atom. The van der Waals surface area contributed by atoms with Gasteiger partial charge in [-0.2, -0.15) is 5.06 Å². The molecule has 0 aliphatic rings. The van der Waals surface area contributed by atoms with Gasteiger partial charge in [-0.05, 0) is 33.1 Å². The number of hydroxylamine groups is 2. The number of carbonyl (C=O) groups excluding carboxylic acids is 1. The van der Waals surface area contributed by atoms with Crippen molar-refractivity contribution < 1.29 is 29.4 Å². The van der Waals surface area contributed by atoms with Gasteiger partial charge in [0.05, 0.1) is 12.6 Å². The molecule has 0 aliphatic carbocycles. The molecule has 1 aromatic heterocycles. The van der Waals surface area contributed by atoms with E-state index in [4.69, 9.17) is 14.7 Å². The van der Waals surface area contributed by atoms with Gasteiger partial charge in [-0.15, -0.1) is 11.3 Å². The number of carboxylic acid groups (broad SMARTS) is 1. The summed E-state index contributed by atoms with van der Waals surface area (Å²) in [7, 11) is 0. The number of nitrogens with zero attached hydrogens (tertiary/aromatic N) is 2. The molecule has 0 aliphatic heterocycles. The number of carboxylic acids is 1. The minimum absolute atomic E-state index is 0.0401. The first kappa shape index (κ1) is 26.3. The van der Waals surface area contributed by atoms with Crippen molar-refractivity contribution in [2.45, 2.75) is 91.4 Å². The zero-order valence-corrected chi connectivity index (χ0v) is 19.7. The van der Waals surface area contributed by atoms with Crippen LogP contribution >= 0.6 is 11.3 Å². The van der Waals surface area contributed by atoms with Gasteiger partial charge in [0.25, 0.3) is 0 Å². The Bertz CT molecular complexity index is 671. The lowest BCUT2D eigenvalue weighted by atomic mass is 9.98. The van der Waals surface area contributed by atoms with Gasteiger partial charge in [-0.1, -0.05) is 40.0 Å². The number of aromatic nitrogens is 1. The van der Waals surface area contributed by atoms with Gasteiger partial charge in [0.1, 0.15) is 16.7 Å². The third-order valence-electron chi connectivity index (χ3n) is 4.36. The topological polar surface area (TPSA) is 109 Å². The molecule has 0 spiro atoms. The highest BCUT2D eigenvalue weighted by Crippen LogP contribution is 2.28. The SMILES string of the molecule is CCCCCCON(C(=O)OC(C)(C)C)[C@@H](C[C@@H](O)c1nc(C(=O)O)cs1)C(C)C. The van der Waals surface area contributed by atoms with Crippen LogP contribution in [0.25, 0.3) is 0 Å². The maximum absolute atomic E-state index is 12.8. The maximum Gasteiger partial charge on any atom is 0.434 e. The number of aliphatic hydroxyl groups is 1. The fourth-order valence-electron chi connectivity index (χ4n) is 2.79. The van der Waals surface area contributed by atoms with Gasteiger partial charge in [0.2, 0.25) is 0 Å². The smallest absolute Gasteiger partial charge is 0.434 e. The summed E-state index contributed by atoms with van der Waals surface area (Å²) in [4.78, 5) is 33.7. The van der Waals surface area contributed by atoms with Crippen molar-refractivity contribution in [3.8, 4) is 0 Å². The first-order valence-electron chi connectivity index (χ1n) is 10.5. The molecule has 1 rings (SSSR count). The number of aromatic carboxylic acids is 1. The molecule has 0 unspecified atom stereocenters. The molecule has 1 heterocycles. The Hall–Kier alpha value is -1.71. The first-order valence-corrected chi connectivity index (χ1v) is 11.4. The molecule has 9 heteroatoms. The average Bonchev–Trinajstić information content (AvgIpc) is 3.12. The molecule has 2 atom stereocenters. The van der Waals surface area contributed by atoms with E-state index in [9.17, 15) is 14.7 Å². The lowest BCUT2D eigenvalue weighted by Gasteiger charge is -2.35. The van der Waals surface area contributed by atoms with Crippen molar-refractivity contribution in [3.63, 3.8) is 0 Å². The summed E-state index contributed by atoms with van der Waals surface area (Å²) in [6, 6.07) is -0.474. The predicted molar refractivity (Wildman–Crippen MR) is 115 cm³/mol. The second kappa shape index (κ2) is 12.2. The van der Waals surface area contributed by atoms with Crippen molar-refractivity contribution in [1.82, 2.24) is 10.0 Å². The van der Waals surface area contributed by atoms with E-state index in [1.54, 1.807) is 20.8 Å². The average molecular weight is 445 g/mol. The number of amides is 1. The van der Waals surface area contributed by atoms with E-state index in [1.807, 2.05) is 13.8 Å². The van der Waals surface area contributed by atoms with Crippen LogP contribution in [0.4, 0.5) is 4.79 Å². The normalized spacial score (nSPS) is 13.9. The molecule has 2 N–H and O–H groups in total. The van der Waals surface area contributed by atoms with E-state index in [-0.39, 0.29) is 18.0 Å². The number of carbonyl (C=O) groups is 2.